The minimum Gasteiger partial charge on any atom is -0.480 e. The van der Waals surface area contributed by atoms with Crippen molar-refractivity contribution in [3.05, 3.63) is 27.9 Å². The lowest BCUT2D eigenvalue weighted by molar-refractivity contribution is -0.385. The minimum atomic E-state index is -1.03. The number of carbonyl (C=O) groups is 1. The van der Waals surface area contributed by atoms with Crippen LogP contribution in [0.2, 0.25) is 0 Å². The summed E-state index contributed by atoms with van der Waals surface area (Å²) in [4.78, 5) is 26.7. The molecule has 0 amide bonds. The number of ether oxygens (including phenoxy) is 1. The number of methoxy groups -OCH3 is 1. The van der Waals surface area contributed by atoms with Gasteiger partial charge in [0, 0.05) is 26.1 Å². The highest BCUT2D eigenvalue weighted by Gasteiger charge is 2.38. The zero-order chi connectivity index (χ0) is 15.6. The van der Waals surface area contributed by atoms with E-state index < -0.39 is 22.6 Å². The van der Waals surface area contributed by atoms with Crippen LogP contribution in [-0.4, -0.2) is 46.8 Å². The average Bonchev–Trinajstić information content (AvgIpc) is 2.91. The third-order valence-corrected chi connectivity index (χ3v) is 3.34. The van der Waals surface area contributed by atoms with Gasteiger partial charge in [0.05, 0.1) is 11.0 Å². The summed E-state index contributed by atoms with van der Waals surface area (Å²) in [5.41, 5.74) is -0.752. The third-order valence-electron chi connectivity index (χ3n) is 3.34. The number of anilines is 1. The molecule has 2 rings (SSSR count). The molecule has 110 valence electrons. The minimum absolute atomic E-state index is 0.212. The highest BCUT2D eigenvalue weighted by Crippen LogP contribution is 2.28. The number of hydrogen-bond acceptors (Lipinski definition) is 7. The number of nitro groups is 1. The summed E-state index contributed by atoms with van der Waals surface area (Å²) in [6.07, 6.45) is 0.0143. The highest BCUT2D eigenvalue weighted by molar-refractivity contribution is 5.79. The van der Waals surface area contributed by atoms with E-state index in [2.05, 4.69) is 4.98 Å². The van der Waals surface area contributed by atoms with Gasteiger partial charge in [0.25, 0.3) is 0 Å². The Balaban J connectivity index is 2.39. The van der Waals surface area contributed by atoms with Crippen molar-refractivity contribution in [2.24, 2.45) is 0 Å². The molecule has 2 atom stereocenters. The van der Waals surface area contributed by atoms with Gasteiger partial charge < -0.3 is 14.7 Å². The number of pyridine rings is 1. The normalized spacial score (nSPS) is 21.0. The Labute approximate surface area is 119 Å². The second-order valence-corrected chi connectivity index (χ2v) is 4.51. The molecule has 1 aromatic rings. The van der Waals surface area contributed by atoms with Crippen LogP contribution in [0.4, 0.5) is 11.5 Å². The Bertz CT molecular complexity index is 627. The van der Waals surface area contributed by atoms with Crippen LogP contribution in [0.1, 0.15) is 12.1 Å². The van der Waals surface area contributed by atoms with Crippen molar-refractivity contribution in [1.29, 1.82) is 5.26 Å². The molecule has 0 saturated carbocycles. The number of hydrogen-bond donors (Lipinski definition) is 1. The number of aromatic nitrogens is 1. The quantitative estimate of drug-likeness (QED) is 0.628. The van der Waals surface area contributed by atoms with Crippen LogP contribution < -0.4 is 4.90 Å². The summed E-state index contributed by atoms with van der Waals surface area (Å²) in [7, 11) is 1.48. The number of nitrogens with zero attached hydrogens (tertiary/aromatic N) is 4. The Morgan fingerprint density at radius 2 is 2.38 bits per heavy atom. The molecular weight excluding hydrogens is 280 g/mol. The van der Waals surface area contributed by atoms with Gasteiger partial charge in [0.15, 0.2) is 0 Å². The van der Waals surface area contributed by atoms with E-state index in [1.807, 2.05) is 0 Å². The molecule has 1 N–H and O–H groups in total. The third kappa shape index (κ3) is 2.75. The van der Waals surface area contributed by atoms with Gasteiger partial charge in [-0.3, -0.25) is 10.1 Å². The number of carboxylic acids is 1. The van der Waals surface area contributed by atoms with Crippen molar-refractivity contribution < 1.29 is 19.6 Å². The lowest BCUT2D eigenvalue weighted by Gasteiger charge is -2.22. The predicted molar refractivity (Wildman–Crippen MR) is 69.8 cm³/mol. The molecule has 0 aliphatic carbocycles. The molecule has 1 aromatic heterocycles. The summed E-state index contributed by atoms with van der Waals surface area (Å²) < 4.78 is 5.16. The first kappa shape index (κ1) is 14.7. The number of carboxylic acid groups (broad SMARTS) is 1. The summed E-state index contributed by atoms with van der Waals surface area (Å²) in [5, 5.41) is 28.9. The topological polar surface area (TPSA) is 130 Å². The molecule has 1 aliphatic heterocycles. The van der Waals surface area contributed by atoms with Gasteiger partial charge in [-0.2, -0.15) is 5.26 Å². The molecule has 1 aliphatic rings. The molecule has 0 radical (unpaired) electrons. The molecule has 1 saturated heterocycles. The van der Waals surface area contributed by atoms with Gasteiger partial charge in [-0.1, -0.05) is 0 Å². The first-order chi connectivity index (χ1) is 9.97. The molecule has 2 unspecified atom stereocenters. The second kappa shape index (κ2) is 5.72. The monoisotopic (exact) mass is 292 g/mol. The summed E-state index contributed by atoms with van der Waals surface area (Å²) in [6.45, 7) is 0.295. The van der Waals surface area contributed by atoms with Crippen LogP contribution in [0.15, 0.2) is 12.1 Å². The fraction of sp³-hybridized carbons (Fsp3) is 0.417. The van der Waals surface area contributed by atoms with Crippen LogP contribution in [0.3, 0.4) is 0 Å². The van der Waals surface area contributed by atoms with Crippen LogP contribution in [0.25, 0.3) is 0 Å². The van der Waals surface area contributed by atoms with Gasteiger partial charge >= 0.3 is 11.7 Å². The predicted octanol–water partition coefficient (Wildman–Crippen LogP) is 0.540. The van der Waals surface area contributed by atoms with Gasteiger partial charge in [0.2, 0.25) is 5.69 Å². The van der Waals surface area contributed by atoms with Gasteiger partial charge in [-0.15, -0.1) is 0 Å². The van der Waals surface area contributed by atoms with Crippen molar-refractivity contribution in [2.75, 3.05) is 18.6 Å². The van der Waals surface area contributed by atoms with E-state index in [0.717, 1.165) is 6.07 Å². The highest BCUT2D eigenvalue weighted by atomic mass is 16.6. The van der Waals surface area contributed by atoms with E-state index in [4.69, 9.17) is 10.00 Å². The fourth-order valence-corrected chi connectivity index (χ4v) is 2.29. The molecule has 1 fully saturated rings. The molecular formula is C12H12N4O5. The number of rotatable bonds is 4. The smallest absolute Gasteiger partial charge is 0.326 e. The first-order valence-electron chi connectivity index (χ1n) is 6.05. The van der Waals surface area contributed by atoms with Crippen molar-refractivity contribution in [1.82, 2.24) is 4.98 Å². The summed E-state index contributed by atoms with van der Waals surface area (Å²) in [5.74, 6) is -0.822. The van der Waals surface area contributed by atoms with E-state index in [1.165, 1.54) is 18.1 Å². The van der Waals surface area contributed by atoms with Crippen LogP contribution in [-0.2, 0) is 9.53 Å². The zero-order valence-corrected chi connectivity index (χ0v) is 11.1. The van der Waals surface area contributed by atoms with Crippen LogP contribution in [0, 0.1) is 21.4 Å². The Hall–Kier alpha value is -2.73. The Morgan fingerprint density at radius 1 is 1.67 bits per heavy atom. The summed E-state index contributed by atoms with van der Waals surface area (Å²) >= 11 is 0. The number of aliphatic carboxylic acids is 1. The van der Waals surface area contributed by atoms with Gasteiger partial charge in [0.1, 0.15) is 17.9 Å². The Kier molecular flexibility index (Phi) is 4.00. The molecule has 21 heavy (non-hydrogen) atoms. The standard InChI is InChI=1S/C12H12N4O5/c1-21-7-4-10(12(17)18)15(6-7)11-3-2-9(16(19)20)8(5-13)14-11/h2-3,7,10H,4,6H2,1H3,(H,17,18). The maximum Gasteiger partial charge on any atom is 0.326 e. The van der Waals surface area contributed by atoms with Crippen molar-refractivity contribution in [3.63, 3.8) is 0 Å². The van der Waals surface area contributed by atoms with Crippen molar-refractivity contribution in [2.45, 2.75) is 18.6 Å². The molecule has 9 heteroatoms. The second-order valence-electron chi connectivity index (χ2n) is 4.51. The molecule has 0 aromatic carbocycles. The van der Waals surface area contributed by atoms with E-state index >= 15 is 0 Å². The van der Waals surface area contributed by atoms with Gasteiger partial charge in [-0.05, 0) is 6.07 Å². The van der Waals surface area contributed by atoms with E-state index in [9.17, 15) is 20.0 Å². The van der Waals surface area contributed by atoms with E-state index in [1.54, 1.807) is 6.07 Å². The molecule has 0 bridgehead atoms. The van der Waals surface area contributed by atoms with E-state index in [-0.39, 0.29) is 24.0 Å². The molecule has 9 nitrogen and oxygen atoms in total. The maximum absolute atomic E-state index is 11.3. The zero-order valence-electron chi connectivity index (χ0n) is 11.1. The Morgan fingerprint density at radius 3 is 2.90 bits per heavy atom. The molecule has 0 spiro atoms. The molecule has 2 heterocycles. The lowest BCUT2D eigenvalue weighted by atomic mass is 10.2. The summed E-state index contributed by atoms with van der Waals surface area (Å²) in [6, 6.07) is 3.31. The largest absolute Gasteiger partial charge is 0.480 e. The van der Waals surface area contributed by atoms with Crippen LogP contribution >= 0.6 is 0 Å². The number of nitriles is 1. The fourth-order valence-electron chi connectivity index (χ4n) is 2.29. The first-order valence-corrected chi connectivity index (χ1v) is 6.05. The van der Waals surface area contributed by atoms with Gasteiger partial charge in [-0.25, -0.2) is 9.78 Å². The van der Waals surface area contributed by atoms with Crippen molar-refractivity contribution in [3.8, 4) is 6.07 Å². The average molecular weight is 292 g/mol. The van der Waals surface area contributed by atoms with E-state index in [0.29, 0.717) is 6.54 Å². The van der Waals surface area contributed by atoms with Crippen molar-refractivity contribution >= 4 is 17.5 Å². The maximum atomic E-state index is 11.3. The van der Waals surface area contributed by atoms with Crippen LogP contribution in [0.5, 0.6) is 0 Å². The lowest BCUT2D eigenvalue weighted by Crippen LogP contribution is -2.36. The SMILES string of the molecule is COC1CC(C(=O)O)N(c2ccc([N+](=O)[O-])c(C#N)n2)C1.